The zero-order valence-corrected chi connectivity index (χ0v) is 11.5. The van der Waals surface area contributed by atoms with E-state index >= 15 is 0 Å². The zero-order valence-electron chi connectivity index (χ0n) is 11.5. The highest BCUT2D eigenvalue weighted by Crippen LogP contribution is 2.30. The summed E-state index contributed by atoms with van der Waals surface area (Å²) in [5.41, 5.74) is 8.67. The summed E-state index contributed by atoms with van der Waals surface area (Å²) in [4.78, 5) is 3.97. The third-order valence-electron chi connectivity index (χ3n) is 3.84. The molecule has 4 rings (SSSR count). The average molecular weight is 284 g/mol. The molecule has 0 amide bonds. The molecule has 0 bridgehead atoms. The van der Waals surface area contributed by atoms with Crippen molar-refractivity contribution in [2.45, 2.75) is 25.5 Å². The Kier molecular flexibility index (Phi) is 2.85. The summed E-state index contributed by atoms with van der Waals surface area (Å²) in [5.74, 6) is 0. The van der Waals surface area contributed by atoms with E-state index in [0.717, 1.165) is 42.5 Å². The molecule has 0 aliphatic carbocycles. The molecule has 2 aromatic heterocycles. The number of ether oxygens (including phenoxy) is 1. The Bertz CT molecular complexity index is 757. The SMILES string of the molecule is Nc1cc(-n2cncn2)cc2c1cnn2C1CCCCO1. The van der Waals surface area contributed by atoms with E-state index in [9.17, 15) is 0 Å². The van der Waals surface area contributed by atoms with Gasteiger partial charge in [-0.15, -0.1) is 0 Å². The van der Waals surface area contributed by atoms with Gasteiger partial charge in [0.05, 0.1) is 17.4 Å². The van der Waals surface area contributed by atoms with Crippen molar-refractivity contribution >= 4 is 16.6 Å². The van der Waals surface area contributed by atoms with Crippen LogP contribution >= 0.6 is 0 Å². The van der Waals surface area contributed by atoms with Crippen LogP contribution in [0, 0.1) is 0 Å². The Balaban J connectivity index is 1.85. The van der Waals surface area contributed by atoms with E-state index in [2.05, 4.69) is 15.2 Å². The van der Waals surface area contributed by atoms with Crippen LogP contribution in [0.2, 0.25) is 0 Å². The second-order valence-corrected chi connectivity index (χ2v) is 5.22. The highest BCUT2D eigenvalue weighted by Gasteiger charge is 2.19. The highest BCUT2D eigenvalue weighted by atomic mass is 16.5. The molecule has 1 unspecified atom stereocenters. The number of hydrogen-bond donors (Lipinski definition) is 1. The summed E-state index contributed by atoms with van der Waals surface area (Å²) in [6, 6.07) is 3.90. The first-order chi connectivity index (χ1) is 10.3. The lowest BCUT2D eigenvalue weighted by atomic mass is 10.1. The van der Waals surface area contributed by atoms with E-state index in [1.54, 1.807) is 17.2 Å². The quantitative estimate of drug-likeness (QED) is 0.727. The predicted octanol–water partition coefficient (Wildman–Crippen LogP) is 1.90. The topological polar surface area (TPSA) is 83.8 Å². The van der Waals surface area contributed by atoms with Gasteiger partial charge in [-0.2, -0.15) is 10.2 Å². The summed E-state index contributed by atoms with van der Waals surface area (Å²) < 4.78 is 9.44. The number of rotatable bonds is 2. The van der Waals surface area contributed by atoms with Crippen molar-refractivity contribution in [2.75, 3.05) is 12.3 Å². The van der Waals surface area contributed by atoms with E-state index in [0.29, 0.717) is 5.69 Å². The molecular weight excluding hydrogens is 268 g/mol. The van der Waals surface area contributed by atoms with Gasteiger partial charge in [-0.05, 0) is 31.4 Å². The Hall–Kier alpha value is -2.41. The summed E-state index contributed by atoms with van der Waals surface area (Å²) in [6.45, 7) is 0.782. The number of nitrogen functional groups attached to an aromatic ring is 1. The zero-order chi connectivity index (χ0) is 14.2. The van der Waals surface area contributed by atoms with Crippen LogP contribution in [0.5, 0.6) is 0 Å². The van der Waals surface area contributed by atoms with Crippen LogP contribution in [-0.2, 0) is 4.74 Å². The number of nitrogens with zero attached hydrogens (tertiary/aromatic N) is 5. The molecule has 7 nitrogen and oxygen atoms in total. The number of nitrogens with two attached hydrogens (primary N) is 1. The van der Waals surface area contributed by atoms with Gasteiger partial charge < -0.3 is 10.5 Å². The minimum Gasteiger partial charge on any atom is -0.398 e. The molecule has 1 fully saturated rings. The Morgan fingerprint density at radius 2 is 2.19 bits per heavy atom. The number of anilines is 1. The van der Waals surface area contributed by atoms with Crippen LogP contribution in [0.15, 0.2) is 31.0 Å². The van der Waals surface area contributed by atoms with Crippen molar-refractivity contribution < 1.29 is 4.74 Å². The molecule has 1 aliphatic heterocycles. The minimum absolute atomic E-state index is 0.0124. The molecule has 7 heteroatoms. The van der Waals surface area contributed by atoms with E-state index in [1.807, 2.05) is 16.8 Å². The third kappa shape index (κ3) is 2.06. The first-order valence-corrected chi connectivity index (χ1v) is 7.06. The molecule has 21 heavy (non-hydrogen) atoms. The fourth-order valence-corrected chi connectivity index (χ4v) is 2.78. The molecule has 2 N–H and O–H groups in total. The number of hydrogen-bond acceptors (Lipinski definition) is 5. The van der Waals surface area contributed by atoms with Gasteiger partial charge in [-0.3, -0.25) is 0 Å². The van der Waals surface area contributed by atoms with Gasteiger partial charge in [0.15, 0.2) is 6.23 Å². The van der Waals surface area contributed by atoms with Crippen molar-refractivity contribution in [3.63, 3.8) is 0 Å². The summed E-state index contributed by atoms with van der Waals surface area (Å²) >= 11 is 0. The second-order valence-electron chi connectivity index (χ2n) is 5.22. The van der Waals surface area contributed by atoms with Gasteiger partial charge in [0.2, 0.25) is 0 Å². The van der Waals surface area contributed by atoms with Crippen LogP contribution in [-0.4, -0.2) is 31.2 Å². The molecule has 1 saturated heterocycles. The maximum atomic E-state index is 6.15. The monoisotopic (exact) mass is 284 g/mol. The maximum Gasteiger partial charge on any atom is 0.150 e. The number of benzene rings is 1. The van der Waals surface area contributed by atoms with E-state index in [1.165, 1.54) is 6.33 Å². The van der Waals surface area contributed by atoms with Crippen molar-refractivity contribution in [1.29, 1.82) is 0 Å². The molecule has 3 heterocycles. The van der Waals surface area contributed by atoms with Crippen LogP contribution in [0.25, 0.3) is 16.6 Å². The van der Waals surface area contributed by atoms with Gasteiger partial charge in [0.25, 0.3) is 0 Å². The molecule has 0 saturated carbocycles. The molecule has 3 aromatic rings. The summed E-state index contributed by atoms with van der Waals surface area (Å²) in [5, 5.41) is 9.56. The molecule has 0 radical (unpaired) electrons. The number of aromatic nitrogens is 5. The molecule has 1 atom stereocenters. The lowest BCUT2D eigenvalue weighted by Gasteiger charge is -2.23. The van der Waals surface area contributed by atoms with Gasteiger partial charge in [0.1, 0.15) is 12.7 Å². The van der Waals surface area contributed by atoms with Crippen molar-refractivity contribution in [1.82, 2.24) is 24.5 Å². The van der Waals surface area contributed by atoms with Crippen LogP contribution in [0.1, 0.15) is 25.5 Å². The van der Waals surface area contributed by atoms with Crippen molar-refractivity contribution in [2.24, 2.45) is 0 Å². The minimum atomic E-state index is -0.0124. The Labute approximate surface area is 121 Å². The summed E-state index contributed by atoms with van der Waals surface area (Å²) in [7, 11) is 0. The first-order valence-electron chi connectivity index (χ1n) is 7.06. The predicted molar refractivity (Wildman–Crippen MR) is 77.9 cm³/mol. The normalized spacial score (nSPS) is 19.1. The fourth-order valence-electron chi connectivity index (χ4n) is 2.78. The smallest absolute Gasteiger partial charge is 0.150 e. The van der Waals surface area contributed by atoms with Crippen LogP contribution in [0.3, 0.4) is 0 Å². The lowest BCUT2D eigenvalue weighted by molar-refractivity contribution is -0.0366. The Morgan fingerprint density at radius 3 is 2.95 bits per heavy atom. The van der Waals surface area contributed by atoms with Gasteiger partial charge >= 0.3 is 0 Å². The lowest BCUT2D eigenvalue weighted by Crippen LogP contribution is -2.19. The molecule has 0 spiro atoms. The standard InChI is InChI=1S/C14H16N6O/c15-12-5-10(19-9-16-8-18-19)6-13-11(12)7-17-20(13)14-3-1-2-4-21-14/h5-9,14H,1-4,15H2. The van der Waals surface area contributed by atoms with Gasteiger partial charge in [-0.25, -0.2) is 14.3 Å². The third-order valence-corrected chi connectivity index (χ3v) is 3.84. The molecule has 108 valence electrons. The molecular formula is C14H16N6O. The van der Waals surface area contributed by atoms with Gasteiger partial charge in [0, 0.05) is 17.7 Å². The fraction of sp³-hybridized carbons (Fsp3) is 0.357. The van der Waals surface area contributed by atoms with Crippen LogP contribution < -0.4 is 5.73 Å². The largest absolute Gasteiger partial charge is 0.398 e. The second kappa shape index (κ2) is 4.85. The van der Waals surface area contributed by atoms with Crippen LogP contribution in [0.4, 0.5) is 5.69 Å². The van der Waals surface area contributed by atoms with Gasteiger partial charge in [-0.1, -0.05) is 0 Å². The highest BCUT2D eigenvalue weighted by molar-refractivity contribution is 5.92. The Morgan fingerprint density at radius 1 is 1.24 bits per heavy atom. The number of fused-ring (bicyclic) bond motifs is 1. The molecule has 1 aliphatic rings. The van der Waals surface area contributed by atoms with E-state index in [-0.39, 0.29) is 6.23 Å². The maximum absolute atomic E-state index is 6.15. The van der Waals surface area contributed by atoms with E-state index in [4.69, 9.17) is 10.5 Å². The molecule has 1 aromatic carbocycles. The first kappa shape index (κ1) is 12.3. The van der Waals surface area contributed by atoms with Crippen molar-refractivity contribution in [3.05, 3.63) is 31.0 Å². The van der Waals surface area contributed by atoms with E-state index < -0.39 is 0 Å². The summed E-state index contributed by atoms with van der Waals surface area (Å²) in [6.07, 6.45) is 8.19. The van der Waals surface area contributed by atoms with Crippen molar-refractivity contribution in [3.8, 4) is 5.69 Å². The average Bonchev–Trinajstić information content (AvgIpc) is 3.18.